The van der Waals surface area contributed by atoms with Crippen molar-refractivity contribution in [3.63, 3.8) is 0 Å². The fourth-order valence-electron chi connectivity index (χ4n) is 1.34. The first kappa shape index (κ1) is 14.0. The maximum Gasteiger partial charge on any atom is 0.470 e. The van der Waals surface area contributed by atoms with Gasteiger partial charge in [-0.2, -0.15) is 0 Å². The molecule has 5 atom stereocenters. The molecular weight excluding hydrogens is 247 g/mol. The van der Waals surface area contributed by atoms with Crippen molar-refractivity contribution in [3.8, 4) is 0 Å². The lowest BCUT2D eigenvalue weighted by Crippen LogP contribution is -2.59. The molecule has 10 heteroatoms. The van der Waals surface area contributed by atoms with Crippen LogP contribution in [0.4, 0.5) is 0 Å². The largest absolute Gasteiger partial charge is 0.470 e. The summed E-state index contributed by atoms with van der Waals surface area (Å²) in [5, 5.41) is 36.7. The lowest BCUT2D eigenvalue weighted by atomic mass is 9.99. The molecule has 6 N–H and O–H groups in total. The van der Waals surface area contributed by atoms with Gasteiger partial charge in [0.05, 0.1) is 6.61 Å². The molecule has 0 amide bonds. The van der Waals surface area contributed by atoms with E-state index < -0.39 is 45.1 Å². The van der Waals surface area contributed by atoms with E-state index in [2.05, 4.69) is 9.26 Å². The summed E-state index contributed by atoms with van der Waals surface area (Å²) in [5.41, 5.74) is 0. The molecule has 1 fully saturated rings. The smallest absolute Gasteiger partial charge is 0.394 e. The van der Waals surface area contributed by atoms with Crippen molar-refractivity contribution >= 4 is 7.82 Å². The van der Waals surface area contributed by atoms with E-state index in [0.29, 0.717) is 0 Å². The average molecular weight is 260 g/mol. The number of ether oxygens (including phenoxy) is 1. The summed E-state index contributed by atoms with van der Waals surface area (Å²) in [6.07, 6.45) is -8.30. The summed E-state index contributed by atoms with van der Waals surface area (Å²) >= 11 is 0. The molecule has 1 saturated heterocycles. The predicted molar refractivity (Wildman–Crippen MR) is 46.9 cm³/mol. The molecule has 1 rings (SSSR count). The Bertz CT molecular complexity index is 277. The first-order valence-electron chi connectivity index (χ1n) is 4.30. The molecule has 9 nitrogen and oxygen atoms in total. The molecule has 96 valence electrons. The molecular formula is C6H13O9P. The second-order valence-electron chi connectivity index (χ2n) is 3.29. The summed E-state index contributed by atoms with van der Waals surface area (Å²) in [6.45, 7) is -0.669. The van der Waals surface area contributed by atoms with Crippen LogP contribution in [0.15, 0.2) is 0 Å². The third-order valence-electron chi connectivity index (χ3n) is 2.10. The van der Waals surface area contributed by atoms with Crippen LogP contribution in [0.25, 0.3) is 0 Å². The van der Waals surface area contributed by atoms with Gasteiger partial charge in [-0.25, -0.2) is 4.57 Å². The van der Waals surface area contributed by atoms with Gasteiger partial charge in [0.1, 0.15) is 24.4 Å². The number of aliphatic hydroxyl groups is 4. The average Bonchev–Trinajstić information content (AvgIpc) is 2.17. The molecule has 1 aliphatic heterocycles. The maximum absolute atomic E-state index is 10.5. The van der Waals surface area contributed by atoms with Crippen molar-refractivity contribution in [2.75, 3.05) is 6.61 Å². The zero-order chi connectivity index (χ0) is 12.5. The Morgan fingerprint density at radius 2 is 1.75 bits per heavy atom. The molecule has 1 heterocycles. The van der Waals surface area contributed by atoms with E-state index in [1.807, 2.05) is 0 Å². The SMILES string of the molecule is O=P(O)(O)O[C@H]1C(O)O[C@H](CO)[C@@H](O)[C@@H]1O. The van der Waals surface area contributed by atoms with Gasteiger partial charge in [-0.05, 0) is 0 Å². The number of phosphoric acid groups is 1. The summed E-state index contributed by atoms with van der Waals surface area (Å²) in [7, 11) is -4.94. The highest BCUT2D eigenvalue weighted by Crippen LogP contribution is 2.40. The molecule has 16 heavy (non-hydrogen) atoms. The van der Waals surface area contributed by atoms with Gasteiger partial charge in [-0.3, -0.25) is 4.52 Å². The van der Waals surface area contributed by atoms with Crippen LogP contribution < -0.4 is 0 Å². The van der Waals surface area contributed by atoms with Crippen LogP contribution in [0.2, 0.25) is 0 Å². The molecule has 0 aromatic rings. The molecule has 0 saturated carbocycles. The Labute approximate surface area is 90.1 Å². The van der Waals surface area contributed by atoms with Gasteiger partial charge in [0.25, 0.3) is 0 Å². The Kier molecular flexibility index (Phi) is 4.41. The van der Waals surface area contributed by atoms with E-state index in [-0.39, 0.29) is 0 Å². The van der Waals surface area contributed by atoms with Gasteiger partial charge >= 0.3 is 7.82 Å². The normalized spacial score (nSPS) is 41.0. The fourth-order valence-corrected chi connectivity index (χ4v) is 1.89. The molecule has 0 aromatic heterocycles. The van der Waals surface area contributed by atoms with Crippen LogP contribution in [-0.2, 0) is 13.8 Å². The van der Waals surface area contributed by atoms with Crippen LogP contribution in [0.5, 0.6) is 0 Å². The lowest BCUT2D eigenvalue weighted by Gasteiger charge is -2.39. The number of aliphatic hydroxyl groups excluding tert-OH is 4. The van der Waals surface area contributed by atoms with E-state index >= 15 is 0 Å². The standard InChI is InChI=1S/C6H13O9P/c7-1-2-3(8)4(9)5(6(10)14-2)15-16(11,12)13/h2-10H,1H2,(H2,11,12,13)/t2-,3-,4+,5-,6?/m1/s1. The highest BCUT2D eigenvalue weighted by atomic mass is 31.2. The molecule has 0 spiro atoms. The van der Waals surface area contributed by atoms with Crippen molar-refractivity contribution < 1.29 is 44.0 Å². The Morgan fingerprint density at radius 1 is 1.19 bits per heavy atom. The number of phosphoric ester groups is 1. The Balaban J connectivity index is 2.76. The summed E-state index contributed by atoms with van der Waals surface area (Å²) in [5.74, 6) is 0. The van der Waals surface area contributed by atoms with Gasteiger partial charge in [0, 0.05) is 0 Å². The minimum atomic E-state index is -4.94. The van der Waals surface area contributed by atoms with E-state index in [1.165, 1.54) is 0 Å². The van der Waals surface area contributed by atoms with Crippen molar-refractivity contribution in [1.29, 1.82) is 0 Å². The molecule has 0 radical (unpaired) electrons. The molecule has 1 unspecified atom stereocenters. The topological polar surface area (TPSA) is 157 Å². The van der Waals surface area contributed by atoms with Gasteiger partial charge in [0.15, 0.2) is 6.29 Å². The second-order valence-corrected chi connectivity index (χ2v) is 4.48. The predicted octanol–water partition coefficient (Wildman–Crippen LogP) is -3.10. The number of hydrogen-bond acceptors (Lipinski definition) is 7. The minimum Gasteiger partial charge on any atom is -0.394 e. The zero-order valence-corrected chi connectivity index (χ0v) is 8.84. The van der Waals surface area contributed by atoms with Crippen LogP contribution in [0, 0.1) is 0 Å². The van der Waals surface area contributed by atoms with E-state index in [4.69, 9.17) is 14.9 Å². The van der Waals surface area contributed by atoms with Gasteiger partial charge in [-0.1, -0.05) is 0 Å². The Hall–Kier alpha value is -0.0900. The quantitative estimate of drug-likeness (QED) is 0.289. The molecule has 1 aliphatic rings. The monoisotopic (exact) mass is 260 g/mol. The lowest BCUT2D eigenvalue weighted by molar-refractivity contribution is -0.282. The Morgan fingerprint density at radius 3 is 2.19 bits per heavy atom. The third-order valence-corrected chi connectivity index (χ3v) is 2.62. The summed E-state index contributed by atoms with van der Waals surface area (Å²) in [6, 6.07) is 0. The van der Waals surface area contributed by atoms with E-state index in [9.17, 15) is 19.9 Å². The molecule has 0 aromatic carbocycles. The zero-order valence-electron chi connectivity index (χ0n) is 7.95. The van der Waals surface area contributed by atoms with Crippen molar-refractivity contribution in [3.05, 3.63) is 0 Å². The number of rotatable bonds is 3. The van der Waals surface area contributed by atoms with E-state index in [0.717, 1.165) is 0 Å². The van der Waals surface area contributed by atoms with Crippen molar-refractivity contribution in [1.82, 2.24) is 0 Å². The van der Waals surface area contributed by atoms with Crippen LogP contribution in [0.3, 0.4) is 0 Å². The maximum atomic E-state index is 10.5. The van der Waals surface area contributed by atoms with Crippen molar-refractivity contribution in [2.45, 2.75) is 30.7 Å². The highest BCUT2D eigenvalue weighted by Gasteiger charge is 2.46. The first-order valence-corrected chi connectivity index (χ1v) is 5.83. The minimum absolute atomic E-state index is 0.669. The van der Waals surface area contributed by atoms with Crippen LogP contribution in [-0.4, -0.2) is 67.5 Å². The highest BCUT2D eigenvalue weighted by molar-refractivity contribution is 7.46. The van der Waals surface area contributed by atoms with Gasteiger partial charge < -0.3 is 34.9 Å². The van der Waals surface area contributed by atoms with Crippen molar-refractivity contribution in [2.24, 2.45) is 0 Å². The van der Waals surface area contributed by atoms with E-state index in [1.54, 1.807) is 0 Å². The van der Waals surface area contributed by atoms with Crippen LogP contribution in [0.1, 0.15) is 0 Å². The number of hydrogen-bond donors (Lipinski definition) is 6. The first-order chi connectivity index (χ1) is 7.26. The third kappa shape index (κ3) is 3.20. The summed E-state index contributed by atoms with van der Waals surface area (Å²) < 4.78 is 19.2. The molecule has 0 aliphatic carbocycles. The van der Waals surface area contributed by atoms with Gasteiger partial charge in [-0.15, -0.1) is 0 Å². The molecule has 0 bridgehead atoms. The van der Waals surface area contributed by atoms with Gasteiger partial charge in [0.2, 0.25) is 0 Å². The van der Waals surface area contributed by atoms with Crippen LogP contribution >= 0.6 is 7.82 Å². The summed E-state index contributed by atoms with van der Waals surface area (Å²) in [4.78, 5) is 17.0. The second kappa shape index (κ2) is 5.05. The fraction of sp³-hybridized carbons (Fsp3) is 1.00.